The molecule has 4 nitrogen and oxygen atoms in total. The summed E-state index contributed by atoms with van der Waals surface area (Å²) in [4.78, 5) is 25.8. The Bertz CT molecular complexity index is 823. The molecule has 0 aromatic heterocycles. The summed E-state index contributed by atoms with van der Waals surface area (Å²) >= 11 is 3.55. The molecule has 0 N–H and O–H groups in total. The van der Waals surface area contributed by atoms with Crippen LogP contribution in [-0.4, -0.2) is 18.2 Å². The van der Waals surface area contributed by atoms with Gasteiger partial charge in [0.25, 0.3) is 0 Å². The molecule has 142 valence electrons. The number of hydrogen-bond donors (Lipinski definition) is 0. The molecule has 0 saturated heterocycles. The second-order valence-corrected chi connectivity index (χ2v) is 8.21. The SMILES string of the molecule is CCCOc1ccc(Br)cc1C1C2=C(CCCC2=O)OC2=C1C(=O)CCC2. The fourth-order valence-corrected chi connectivity index (χ4v) is 4.60. The van der Waals surface area contributed by atoms with Crippen LogP contribution in [0.25, 0.3) is 0 Å². The van der Waals surface area contributed by atoms with Crippen LogP contribution in [0.2, 0.25) is 0 Å². The van der Waals surface area contributed by atoms with E-state index in [0.717, 1.165) is 59.4 Å². The zero-order valence-corrected chi connectivity index (χ0v) is 17.1. The number of carbonyl (C=O) groups excluding carboxylic acids is 2. The van der Waals surface area contributed by atoms with Crippen molar-refractivity contribution in [2.24, 2.45) is 0 Å². The maximum Gasteiger partial charge on any atom is 0.163 e. The van der Waals surface area contributed by atoms with Crippen molar-refractivity contribution in [3.05, 3.63) is 50.9 Å². The van der Waals surface area contributed by atoms with Gasteiger partial charge in [-0.15, -0.1) is 0 Å². The number of ether oxygens (including phenoxy) is 2. The van der Waals surface area contributed by atoms with Crippen LogP contribution in [0.4, 0.5) is 0 Å². The van der Waals surface area contributed by atoms with Crippen LogP contribution in [0, 0.1) is 0 Å². The number of rotatable bonds is 4. The Morgan fingerprint density at radius 2 is 1.67 bits per heavy atom. The third-order valence-corrected chi connectivity index (χ3v) is 5.88. The smallest absolute Gasteiger partial charge is 0.163 e. The highest BCUT2D eigenvalue weighted by atomic mass is 79.9. The van der Waals surface area contributed by atoms with Gasteiger partial charge in [-0.2, -0.15) is 0 Å². The molecule has 2 aliphatic carbocycles. The summed E-state index contributed by atoms with van der Waals surface area (Å²) < 4.78 is 13.0. The molecule has 27 heavy (non-hydrogen) atoms. The summed E-state index contributed by atoms with van der Waals surface area (Å²) in [6.45, 7) is 2.65. The fourth-order valence-electron chi connectivity index (χ4n) is 4.22. The Morgan fingerprint density at radius 3 is 2.26 bits per heavy atom. The van der Waals surface area contributed by atoms with Gasteiger partial charge in [-0.05, 0) is 37.5 Å². The minimum Gasteiger partial charge on any atom is -0.493 e. The first kappa shape index (κ1) is 18.5. The van der Waals surface area contributed by atoms with Crippen molar-refractivity contribution in [1.82, 2.24) is 0 Å². The topological polar surface area (TPSA) is 52.6 Å². The van der Waals surface area contributed by atoms with E-state index in [9.17, 15) is 9.59 Å². The van der Waals surface area contributed by atoms with Crippen LogP contribution < -0.4 is 4.74 Å². The van der Waals surface area contributed by atoms with Gasteiger partial charge >= 0.3 is 0 Å². The first-order valence-electron chi connectivity index (χ1n) is 9.72. The van der Waals surface area contributed by atoms with Crippen molar-refractivity contribution in [2.45, 2.75) is 57.8 Å². The molecular formula is C22H23BrO4. The highest BCUT2D eigenvalue weighted by Gasteiger charge is 2.42. The molecule has 0 spiro atoms. The summed E-state index contributed by atoms with van der Waals surface area (Å²) in [7, 11) is 0. The molecule has 0 bridgehead atoms. The summed E-state index contributed by atoms with van der Waals surface area (Å²) in [6.07, 6.45) is 5.02. The third-order valence-electron chi connectivity index (χ3n) is 5.39. The van der Waals surface area contributed by atoms with Gasteiger partial charge < -0.3 is 9.47 Å². The molecule has 1 aliphatic heterocycles. The van der Waals surface area contributed by atoms with E-state index in [1.807, 2.05) is 18.2 Å². The van der Waals surface area contributed by atoms with E-state index in [-0.39, 0.29) is 17.5 Å². The minimum absolute atomic E-state index is 0.0904. The van der Waals surface area contributed by atoms with Crippen LogP contribution in [0.15, 0.2) is 45.3 Å². The van der Waals surface area contributed by atoms with Crippen molar-refractivity contribution in [1.29, 1.82) is 0 Å². The normalized spacial score (nSPS) is 20.4. The molecule has 0 unspecified atom stereocenters. The van der Waals surface area contributed by atoms with Crippen LogP contribution in [0.5, 0.6) is 5.75 Å². The summed E-state index contributed by atoms with van der Waals surface area (Å²) in [5, 5.41) is 0. The Kier molecular flexibility index (Phi) is 5.22. The van der Waals surface area contributed by atoms with E-state index in [0.29, 0.717) is 30.6 Å². The van der Waals surface area contributed by atoms with Crippen LogP contribution in [0.1, 0.15) is 63.4 Å². The molecule has 1 heterocycles. The predicted octanol–water partition coefficient (Wildman–Crippen LogP) is 5.37. The Labute approximate surface area is 167 Å². The lowest BCUT2D eigenvalue weighted by atomic mass is 9.73. The van der Waals surface area contributed by atoms with Gasteiger partial charge in [0.15, 0.2) is 11.6 Å². The molecule has 5 heteroatoms. The van der Waals surface area contributed by atoms with E-state index < -0.39 is 0 Å². The van der Waals surface area contributed by atoms with Crippen molar-refractivity contribution >= 4 is 27.5 Å². The van der Waals surface area contributed by atoms with Crippen molar-refractivity contribution in [3.63, 3.8) is 0 Å². The lowest BCUT2D eigenvalue weighted by molar-refractivity contribution is -0.117. The van der Waals surface area contributed by atoms with Crippen LogP contribution in [0.3, 0.4) is 0 Å². The molecule has 1 aromatic rings. The van der Waals surface area contributed by atoms with Crippen LogP contribution >= 0.6 is 15.9 Å². The number of allylic oxidation sites excluding steroid dienone is 4. The maximum atomic E-state index is 12.9. The molecular weight excluding hydrogens is 408 g/mol. The molecule has 0 saturated carbocycles. The summed E-state index contributed by atoms with van der Waals surface area (Å²) in [5.74, 6) is 2.05. The number of carbonyl (C=O) groups is 2. The van der Waals surface area contributed by atoms with Gasteiger partial charge in [-0.25, -0.2) is 0 Å². The first-order chi connectivity index (χ1) is 13.1. The van der Waals surface area contributed by atoms with E-state index >= 15 is 0 Å². The van der Waals surface area contributed by atoms with Gasteiger partial charge in [-0.3, -0.25) is 9.59 Å². The highest BCUT2D eigenvalue weighted by Crippen LogP contribution is 2.50. The molecule has 4 rings (SSSR count). The number of hydrogen-bond acceptors (Lipinski definition) is 4. The zero-order valence-electron chi connectivity index (χ0n) is 15.5. The molecule has 3 aliphatic rings. The van der Waals surface area contributed by atoms with Gasteiger partial charge in [0.2, 0.25) is 0 Å². The zero-order chi connectivity index (χ0) is 19.0. The lowest BCUT2D eigenvalue weighted by Gasteiger charge is -2.36. The first-order valence-corrected chi connectivity index (χ1v) is 10.5. The molecule has 0 amide bonds. The molecule has 1 aromatic carbocycles. The molecule has 0 atom stereocenters. The monoisotopic (exact) mass is 430 g/mol. The number of ketones is 2. The van der Waals surface area contributed by atoms with Crippen molar-refractivity contribution < 1.29 is 19.1 Å². The lowest BCUT2D eigenvalue weighted by Crippen LogP contribution is -2.30. The van der Waals surface area contributed by atoms with E-state index in [4.69, 9.17) is 9.47 Å². The second kappa shape index (κ2) is 7.63. The largest absolute Gasteiger partial charge is 0.493 e. The summed E-state index contributed by atoms with van der Waals surface area (Å²) in [6, 6.07) is 5.84. The number of halogens is 1. The maximum absolute atomic E-state index is 12.9. The van der Waals surface area contributed by atoms with Gasteiger partial charge in [0, 0.05) is 46.9 Å². The fraction of sp³-hybridized carbons (Fsp3) is 0.455. The van der Waals surface area contributed by atoms with Crippen LogP contribution in [-0.2, 0) is 14.3 Å². The van der Waals surface area contributed by atoms with E-state index in [1.54, 1.807) is 0 Å². The van der Waals surface area contributed by atoms with Crippen molar-refractivity contribution in [2.75, 3.05) is 6.61 Å². The Balaban J connectivity index is 1.91. The Morgan fingerprint density at radius 1 is 1.04 bits per heavy atom. The Hall–Kier alpha value is -1.88. The third kappa shape index (κ3) is 3.38. The average molecular weight is 431 g/mol. The van der Waals surface area contributed by atoms with Gasteiger partial charge in [0.05, 0.1) is 12.5 Å². The minimum atomic E-state index is -0.381. The second-order valence-electron chi connectivity index (χ2n) is 7.29. The number of Topliss-reactive ketones (excluding diaryl/α,β-unsaturated/α-hetero) is 2. The van der Waals surface area contributed by atoms with E-state index in [2.05, 4.69) is 22.9 Å². The average Bonchev–Trinajstić information content (AvgIpc) is 2.66. The molecule has 0 fully saturated rings. The predicted molar refractivity (Wildman–Crippen MR) is 106 cm³/mol. The number of benzene rings is 1. The van der Waals surface area contributed by atoms with Crippen molar-refractivity contribution in [3.8, 4) is 5.75 Å². The standard InChI is InChI=1S/C22H23BrO4/c1-2-11-26-17-10-9-13(23)12-14(17)20-21-15(24)5-3-7-18(21)27-19-8-4-6-16(25)22(19)20/h9-10,12,20H,2-8,11H2,1H3. The quantitative estimate of drug-likeness (QED) is 0.644. The van der Waals surface area contributed by atoms with Gasteiger partial charge in [-0.1, -0.05) is 22.9 Å². The molecule has 0 radical (unpaired) electrons. The van der Waals surface area contributed by atoms with Gasteiger partial charge in [0.1, 0.15) is 17.3 Å². The summed E-state index contributed by atoms with van der Waals surface area (Å²) in [5.41, 5.74) is 2.20. The highest BCUT2D eigenvalue weighted by molar-refractivity contribution is 9.10. The van der Waals surface area contributed by atoms with E-state index in [1.165, 1.54) is 0 Å².